The summed E-state index contributed by atoms with van der Waals surface area (Å²) in [6, 6.07) is 7.37. The summed E-state index contributed by atoms with van der Waals surface area (Å²) in [6.45, 7) is 2.76. The van der Waals surface area contributed by atoms with Crippen molar-refractivity contribution in [2.24, 2.45) is 0 Å². The van der Waals surface area contributed by atoms with Crippen LogP contribution in [0.5, 0.6) is 0 Å². The van der Waals surface area contributed by atoms with Crippen LogP contribution >= 0.6 is 0 Å². The van der Waals surface area contributed by atoms with Crippen molar-refractivity contribution in [2.45, 2.75) is 30.7 Å². The number of H-pyrrole nitrogens is 1. The quantitative estimate of drug-likeness (QED) is 0.254. The predicted molar refractivity (Wildman–Crippen MR) is 146 cm³/mol. The lowest BCUT2D eigenvalue weighted by Gasteiger charge is -2.43. The van der Waals surface area contributed by atoms with Crippen LogP contribution in [-0.2, 0) is 14.4 Å². The van der Waals surface area contributed by atoms with Gasteiger partial charge < -0.3 is 35.6 Å². The summed E-state index contributed by atoms with van der Waals surface area (Å²) in [5.41, 5.74) is 0.965. The number of aromatic amines is 1. The van der Waals surface area contributed by atoms with Crippen molar-refractivity contribution >= 4 is 40.3 Å². The summed E-state index contributed by atoms with van der Waals surface area (Å²) in [5.74, 6) is -6.59. The summed E-state index contributed by atoms with van der Waals surface area (Å²) in [6.07, 6.45) is -6.26. The summed E-state index contributed by atoms with van der Waals surface area (Å²) in [7, 11) is 0. The highest BCUT2D eigenvalue weighted by atomic mass is 19.4. The lowest BCUT2D eigenvalue weighted by Crippen LogP contribution is -2.57. The van der Waals surface area contributed by atoms with Crippen molar-refractivity contribution in [2.75, 3.05) is 37.7 Å². The van der Waals surface area contributed by atoms with E-state index in [9.17, 15) is 44.7 Å². The van der Waals surface area contributed by atoms with Gasteiger partial charge in [-0.2, -0.15) is 26.3 Å². The number of nitrogens with zero attached hydrogens (tertiary/aromatic N) is 3. The van der Waals surface area contributed by atoms with E-state index < -0.39 is 35.6 Å². The van der Waals surface area contributed by atoms with Gasteiger partial charge in [0.15, 0.2) is 0 Å². The molecular weight excluding hydrogens is 656 g/mol. The monoisotopic (exact) mass is 682 g/mol. The zero-order valence-electron chi connectivity index (χ0n) is 23.9. The van der Waals surface area contributed by atoms with E-state index in [0.29, 0.717) is 68.0 Å². The van der Waals surface area contributed by atoms with E-state index in [1.807, 2.05) is 4.90 Å². The molecule has 0 aliphatic carbocycles. The van der Waals surface area contributed by atoms with Crippen LogP contribution in [-0.4, -0.2) is 99.6 Å². The molecule has 1 spiro atoms. The molecule has 256 valence electrons. The molecule has 2 amide bonds. The van der Waals surface area contributed by atoms with Crippen molar-refractivity contribution < 1.29 is 64.5 Å². The van der Waals surface area contributed by atoms with Crippen LogP contribution in [0, 0.1) is 11.6 Å². The molecule has 2 aromatic heterocycles. The first-order chi connectivity index (χ1) is 21.8. The second kappa shape index (κ2) is 14.6. The number of aliphatic carboxylic acids is 2. The standard InChI is InChI=1S/C23H24F2N6O2.2C2HF3O2/c24-16-1-2-19-15(9-16)10-20(29-19)21(32)27-5-8-30-6-3-23(4-7-30)22(33)28-14-31(23)18-11-17(25)12-26-13-18;2*3-2(4,5)1(6)7/h1-2,9-13,29H,3-8,14H2,(H,27,32)(H,28,33);2*(H,6,7). The first-order valence-corrected chi connectivity index (χ1v) is 13.4. The Hall–Kier alpha value is -5.01. The van der Waals surface area contributed by atoms with Crippen LogP contribution in [0.2, 0.25) is 0 Å². The molecule has 0 atom stereocenters. The minimum Gasteiger partial charge on any atom is -0.475 e. The zero-order valence-corrected chi connectivity index (χ0v) is 23.9. The van der Waals surface area contributed by atoms with Crippen LogP contribution in [0.4, 0.5) is 40.8 Å². The second-order valence-corrected chi connectivity index (χ2v) is 10.1. The minimum absolute atomic E-state index is 0.0463. The number of pyridine rings is 1. The molecule has 12 nitrogen and oxygen atoms in total. The van der Waals surface area contributed by atoms with Crippen molar-refractivity contribution in [3.05, 3.63) is 60.1 Å². The number of nitrogens with one attached hydrogen (secondary N) is 3. The average Bonchev–Trinajstić information content (AvgIpc) is 3.54. The number of carboxylic acid groups (broad SMARTS) is 2. The fraction of sp³-hybridized carbons (Fsp3) is 0.370. The normalized spacial score (nSPS) is 16.1. The maximum atomic E-state index is 13.7. The first-order valence-electron chi connectivity index (χ1n) is 13.4. The summed E-state index contributed by atoms with van der Waals surface area (Å²) in [4.78, 5) is 54.0. The molecule has 0 radical (unpaired) electrons. The Kier molecular flexibility index (Phi) is 11.3. The number of piperidine rings is 1. The van der Waals surface area contributed by atoms with Gasteiger partial charge >= 0.3 is 24.3 Å². The third kappa shape index (κ3) is 9.50. The Labute approximate surface area is 259 Å². The third-order valence-electron chi connectivity index (χ3n) is 7.05. The van der Waals surface area contributed by atoms with Crippen molar-refractivity contribution in [3.8, 4) is 0 Å². The summed E-state index contributed by atoms with van der Waals surface area (Å²) >= 11 is 0. The molecule has 3 aromatic rings. The third-order valence-corrected chi connectivity index (χ3v) is 7.05. The number of halogens is 8. The summed E-state index contributed by atoms with van der Waals surface area (Å²) in [5, 5.41) is 20.7. The largest absolute Gasteiger partial charge is 0.490 e. The van der Waals surface area contributed by atoms with Gasteiger partial charge in [0, 0.05) is 43.1 Å². The van der Waals surface area contributed by atoms with Crippen LogP contribution < -0.4 is 15.5 Å². The fourth-order valence-electron chi connectivity index (χ4n) is 4.77. The number of aromatic nitrogens is 2. The van der Waals surface area contributed by atoms with Gasteiger partial charge in [0.2, 0.25) is 5.91 Å². The van der Waals surface area contributed by atoms with Crippen molar-refractivity contribution in [3.63, 3.8) is 0 Å². The van der Waals surface area contributed by atoms with Gasteiger partial charge in [-0.15, -0.1) is 0 Å². The number of likely N-dealkylation sites (tertiary alicyclic amines) is 1. The number of anilines is 1. The number of carboxylic acids is 2. The summed E-state index contributed by atoms with van der Waals surface area (Å²) < 4.78 is 90.5. The Morgan fingerprint density at radius 1 is 0.915 bits per heavy atom. The smallest absolute Gasteiger partial charge is 0.475 e. The van der Waals surface area contributed by atoms with E-state index in [2.05, 4.69) is 25.5 Å². The maximum Gasteiger partial charge on any atom is 0.490 e. The average molecular weight is 683 g/mol. The lowest BCUT2D eigenvalue weighted by atomic mass is 9.85. The molecule has 2 aliphatic heterocycles. The van der Waals surface area contributed by atoms with Gasteiger partial charge in [-0.1, -0.05) is 0 Å². The van der Waals surface area contributed by atoms with Gasteiger partial charge in [0.25, 0.3) is 5.91 Å². The number of hydrogen-bond donors (Lipinski definition) is 5. The number of carbonyl (C=O) groups is 4. The fourth-order valence-corrected chi connectivity index (χ4v) is 4.77. The molecule has 1 aromatic carbocycles. The Morgan fingerprint density at radius 2 is 1.51 bits per heavy atom. The van der Waals surface area contributed by atoms with Gasteiger partial charge in [0.05, 0.1) is 24.7 Å². The number of hydrogen-bond acceptors (Lipinski definition) is 7. The highest BCUT2D eigenvalue weighted by molar-refractivity contribution is 5.98. The second-order valence-electron chi connectivity index (χ2n) is 10.1. The minimum atomic E-state index is -5.08. The van der Waals surface area contributed by atoms with E-state index in [1.54, 1.807) is 18.3 Å². The lowest BCUT2D eigenvalue weighted by molar-refractivity contribution is -0.193. The van der Waals surface area contributed by atoms with Crippen molar-refractivity contribution in [1.82, 2.24) is 25.5 Å². The molecule has 20 heteroatoms. The van der Waals surface area contributed by atoms with Crippen LogP contribution in [0.3, 0.4) is 0 Å². The number of benzene rings is 1. The van der Waals surface area contributed by atoms with E-state index in [1.165, 1.54) is 18.2 Å². The molecule has 5 rings (SSSR count). The highest BCUT2D eigenvalue weighted by Gasteiger charge is 2.50. The van der Waals surface area contributed by atoms with Crippen LogP contribution in [0.25, 0.3) is 10.9 Å². The number of rotatable bonds is 5. The van der Waals surface area contributed by atoms with Crippen molar-refractivity contribution in [1.29, 1.82) is 0 Å². The van der Waals surface area contributed by atoms with Crippen LogP contribution in [0.15, 0.2) is 42.7 Å². The molecule has 0 unspecified atom stereocenters. The van der Waals surface area contributed by atoms with Gasteiger partial charge in [-0.05, 0) is 37.1 Å². The molecule has 4 heterocycles. The van der Waals surface area contributed by atoms with E-state index in [-0.39, 0.29) is 17.6 Å². The van der Waals surface area contributed by atoms with E-state index in [4.69, 9.17) is 19.8 Å². The Bertz CT molecular complexity index is 1580. The van der Waals surface area contributed by atoms with Crippen LogP contribution in [0.1, 0.15) is 23.3 Å². The van der Waals surface area contributed by atoms with E-state index in [0.717, 1.165) is 6.20 Å². The maximum absolute atomic E-state index is 13.7. The molecular formula is C27H26F8N6O6. The SMILES string of the molecule is O=C(NCCN1CCC2(CC1)C(=O)NCN2c1cncc(F)c1)c1cc2cc(F)ccc2[nH]1.O=C(O)C(F)(F)F.O=C(O)C(F)(F)F. The van der Waals surface area contributed by atoms with Gasteiger partial charge in [-0.25, -0.2) is 18.4 Å². The number of alkyl halides is 6. The molecule has 2 aliphatic rings. The predicted octanol–water partition coefficient (Wildman–Crippen LogP) is 3.27. The number of amides is 2. The Morgan fingerprint density at radius 3 is 2.06 bits per heavy atom. The van der Waals surface area contributed by atoms with Gasteiger partial charge in [-0.3, -0.25) is 14.6 Å². The molecule has 5 N–H and O–H groups in total. The highest BCUT2D eigenvalue weighted by Crippen LogP contribution is 2.36. The molecule has 2 fully saturated rings. The molecule has 0 saturated carbocycles. The number of fused-ring (bicyclic) bond motifs is 1. The molecule has 0 bridgehead atoms. The molecule has 47 heavy (non-hydrogen) atoms. The number of carbonyl (C=O) groups excluding carboxylic acids is 2. The van der Waals surface area contributed by atoms with Gasteiger partial charge in [0.1, 0.15) is 22.9 Å². The Balaban J connectivity index is 0.000000360. The first kappa shape index (κ1) is 36.5. The topological polar surface area (TPSA) is 168 Å². The van der Waals surface area contributed by atoms with E-state index >= 15 is 0 Å². The zero-order chi connectivity index (χ0) is 35.2. The molecule has 2 saturated heterocycles.